The van der Waals surface area contributed by atoms with E-state index in [0.29, 0.717) is 31.7 Å². The molecule has 0 spiro atoms. The maximum absolute atomic E-state index is 12.9. The topological polar surface area (TPSA) is 102 Å². The molecule has 2 heterocycles. The molecule has 1 aromatic heterocycles. The second-order valence-corrected chi connectivity index (χ2v) is 5.93. The number of anilines is 1. The minimum absolute atomic E-state index is 0. The summed E-state index contributed by atoms with van der Waals surface area (Å²) in [4.78, 5) is 16.4. The summed E-state index contributed by atoms with van der Waals surface area (Å²) in [5.41, 5.74) is 4.23. The van der Waals surface area contributed by atoms with Crippen LogP contribution in [0, 0.1) is 5.82 Å². The molecule has 2 aromatic rings. The first-order chi connectivity index (χ1) is 11.5. The molecule has 136 valence electrons. The van der Waals surface area contributed by atoms with Crippen molar-refractivity contribution in [2.24, 2.45) is 0 Å². The van der Waals surface area contributed by atoms with E-state index in [0.717, 1.165) is 0 Å². The first-order valence-electron chi connectivity index (χ1n) is 7.68. The van der Waals surface area contributed by atoms with Crippen LogP contribution in [0.4, 0.5) is 10.1 Å². The lowest BCUT2D eigenvalue weighted by atomic mass is 9.92. The van der Waals surface area contributed by atoms with Crippen molar-refractivity contribution >= 4 is 18.1 Å². The van der Waals surface area contributed by atoms with Crippen LogP contribution in [0.2, 0.25) is 0 Å². The SMILES string of the molecule is Cl.Nc1c(Oc2ccc(F)cc2)ncn(CC2(O)CCNCC2)c1=O. The molecule has 7 nitrogen and oxygen atoms in total. The Labute approximate surface area is 150 Å². The molecule has 3 rings (SSSR count). The number of halogens is 2. The zero-order valence-corrected chi connectivity index (χ0v) is 14.3. The number of hydrogen-bond donors (Lipinski definition) is 3. The molecule has 0 bridgehead atoms. The first-order valence-corrected chi connectivity index (χ1v) is 7.68. The van der Waals surface area contributed by atoms with Gasteiger partial charge in [-0.25, -0.2) is 9.37 Å². The van der Waals surface area contributed by atoms with Crippen LogP contribution in [0.3, 0.4) is 0 Å². The highest BCUT2D eigenvalue weighted by atomic mass is 35.5. The Balaban J connectivity index is 0.00000225. The number of hydrogen-bond acceptors (Lipinski definition) is 6. The van der Waals surface area contributed by atoms with E-state index in [9.17, 15) is 14.3 Å². The van der Waals surface area contributed by atoms with E-state index in [4.69, 9.17) is 10.5 Å². The van der Waals surface area contributed by atoms with Crippen LogP contribution in [0.1, 0.15) is 12.8 Å². The smallest absolute Gasteiger partial charge is 0.280 e. The van der Waals surface area contributed by atoms with E-state index in [1.165, 1.54) is 35.2 Å². The van der Waals surface area contributed by atoms with E-state index < -0.39 is 17.0 Å². The molecule has 0 atom stereocenters. The van der Waals surface area contributed by atoms with Gasteiger partial charge in [0.2, 0.25) is 5.88 Å². The van der Waals surface area contributed by atoms with Crippen LogP contribution in [-0.2, 0) is 6.54 Å². The normalized spacial score (nSPS) is 16.1. The minimum atomic E-state index is -0.956. The van der Waals surface area contributed by atoms with E-state index in [1.807, 2.05) is 0 Å². The Kier molecular flexibility index (Phi) is 5.99. The average molecular weight is 371 g/mol. The quantitative estimate of drug-likeness (QED) is 0.749. The van der Waals surface area contributed by atoms with Gasteiger partial charge in [-0.05, 0) is 50.2 Å². The standard InChI is InChI=1S/C16H19FN4O3.ClH/c17-11-1-3-12(4-2-11)24-14-13(18)15(22)21(10-20-14)9-16(23)5-7-19-8-6-16;/h1-4,10,19,23H,5-9,18H2;1H. The van der Waals surface area contributed by atoms with Crippen molar-refractivity contribution in [1.82, 2.24) is 14.9 Å². The summed E-state index contributed by atoms with van der Waals surface area (Å²) in [5, 5.41) is 13.7. The second kappa shape index (κ2) is 7.81. The van der Waals surface area contributed by atoms with Crippen molar-refractivity contribution in [3.63, 3.8) is 0 Å². The molecule has 9 heteroatoms. The fraction of sp³-hybridized carbons (Fsp3) is 0.375. The Morgan fingerprint density at radius 3 is 2.60 bits per heavy atom. The highest BCUT2D eigenvalue weighted by Gasteiger charge is 2.30. The van der Waals surface area contributed by atoms with Gasteiger partial charge in [0, 0.05) is 0 Å². The van der Waals surface area contributed by atoms with Crippen molar-refractivity contribution in [3.8, 4) is 11.6 Å². The Hall–Kier alpha value is -2.16. The third-order valence-corrected chi connectivity index (χ3v) is 4.06. The predicted molar refractivity (Wildman–Crippen MR) is 93.7 cm³/mol. The van der Waals surface area contributed by atoms with Gasteiger partial charge in [0.25, 0.3) is 5.56 Å². The molecular weight excluding hydrogens is 351 g/mol. The predicted octanol–water partition coefficient (Wildman–Crippen LogP) is 1.29. The van der Waals surface area contributed by atoms with Crippen molar-refractivity contribution in [1.29, 1.82) is 0 Å². The molecule has 1 aromatic carbocycles. The fourth-order valence-corrected chi connectivity index (χ4v) is 2.67. The first kappa shape index (κ1) is 19.2. The number of nitrogens with one attached hydrogen (secondary N) is 1. The van der Waals surface area contributed by atoms with Gasteiger partial charge in [0.05, 0.1) is 12.1 Å². The summed E-state index contributed by atoms with van der Waals surface area (Å²) in [7, 11) is 0. The van der Waals surface area contributed by atoms with Crippen molar-refractivity contribution in [2.75, 3.05) is 18.8 Å². The largest absolute Gasteiger partial charge is 0.437 e. The molecule has 0 amide bonds. The van der Waals surface area contributed by atoms with Crippen LogP contribution >= 0.6 is 12.4 Å². The third-order valence-electron chi connectivity index (χ3n) is 4.06. The summed E-state index contributed by atoms with van der Waals surface area (Å²) < 4.78 is 19.6. The van der Waals surface area contributed by atoms with Gasteiger partial charge in [0.15, 0.2) is 5.69 Å². The molecule has 4 N–H and O–H groups in total. The highest BCUT2D eigenvalue weighted by molar-refractivity contribution is 5.85. The van der Waals surface area contributed by atoms with Gasteiger partial charge in [-0.1, -0.05) is 0 Å². The number of nitrogen functional groups attached to an aromatic ring is 1. The molecule has 0 unspecified atom stereocenters. The zero-order valence-electron chi connectivity index (χ0n) is 13.4. The van der Waals surface area contributed by atoms with Gasteiger partial charge >= 0.3 is 0 Å². The van der Waals surface area contributed by atoms with Gasteiger partial charge in [-0.3, -0.25) is 9.36 Å². The minimum Gasteiger partial charge on any atom is -0.437 e. The molecule has 1 fully saturated rings. The second-order valence-electron chi connectivity index (χ2n) is 5.93. The van der Waals surface area contributed by atoms with E-state index in [-0.39, 0.29) is 30.5 Å². The summed E-state index contributed by atoms with van der Waals surface area (Å²) in [5.74, 6) is -0.112. The van der Waals surface area contributed by atoms with Crippen LogP contribution in [0.25, 0.3) is 0 Å². The fourth-order valence-electron chi connectivity index (χ4n) is 2.67. The zero-order chi connectivity index (χ0) is 17.2. The number of rotatable bonds is 4. The lowest BCUT2D eigenvalue weighted by Gasteiger charge is -2.32. The molecule has 0 radical (unpaired) electrons. The molecule has 1 aliphatic heterocycles. The number of benzene rings is 1. The molecule has 1 saturated heterocycles. The average Bonchev–Trinajstić information content (AvgIpc) is 2.57. The Bertz CT molecular complexity index is 776. The summed E-state index contributed by atoms with van der Waals surface area (Å²) in [6.07, 6.45) is 2.40. The van der Waals surface area contributed by atoms with Crippen molar-refractivity contribution in [3.05, 3.63) is 46.8 Å². The maximum Gasteiger partial charge on any atom is 0.280 e. The Morgan fingerprint density at radius 2 is 1.96 bits per heavy atom. The molecular formula is C16H20ClFN4O3. The number of nitrogens with zero attached hydrogens (tertiary/aromatic N) is 2. The molecule has 25 heavy (non-hydrogen) atoms. The van der Waals surface area contributed by atoms with Crippen molar-refractivity contribution < 1.29 is 14.2 Å². The van der Waals surface area contributed by atoms with Gasteiger partial charge < -0.3 is 20.9 Å². The van der Waals surface area contributed by atoms with Crippen LogP contribution < -0.4 is 21.3 Å². The number of aromatic nitrogens is 2. The molecule has 0 saturated carbocycles. The van der Waals surface area contributed by atoms with E-state index in [2.05, 4.69) is 10.3 Å². The van der Waals surface area contributed by atoms with Crippen LogP contribution in [0.15, 0.2) is 35.4 Å². The van der Waals surface area contributed by atoms with Crippen LogP contribution in [-0.4, -0.2) is 33.3 Å². The van der Waals surface area contributed by atoms with E-state index in [1.54, 1.807) is 0 Å². The monoisotopic (exact) mass is 370 g/mol. The lowest BCUT2D eigenvalue weighted by Crippen LogP contribution is -2.46. The Morgan fingerprint density at radius 1 is 1.32 bits per heavy atom. The van der Waals surface area contributed by atoms with Gasteiger partial charge in [-0.2, -0.15) is 0 Å². The highest BCUT2D eigenvalue weighted by Crippen LogP contribution is 2.24. The molecule has 1 aliphatic rings. The van der Waals surface area contributed by atoms with Gasteiger partial charge in [0.1, 0.15) is 17.9 Å². The van der Waals surface area contributed by atoms with Crippen molar-refractivity contribution in [2.45, 2.75) is 25.0 Å². The summed E-state index contributed by atoms with van der Waals surface area (Å²) in [6.45, 7) is 1.52. The van der Waals surface area contributed by atoms with E-state index >= 15 is 0 Å². The lowest BCUT2D eigenvalue weighted by molar-refractivity contribution is -0.00640. The molecule has 0 aliphatic carbocycles. The van der Waals surface area contributed by atoms with Crippen LogP contribution in [0.5, 0.6) is 11.6 Å². The number of nitrogens with two attached hydrogens (primary N) is 1. The summed E-state index contributed by atoms with van der Waals surface area (Å²) in [6, 6.07) is 5.30. The van der Waals surface area contributed by atoms with Gasteiger partial charge in [-0.15, -0.1) is 12.4 Å². The summed E-state index contributed by atoms with van der Waals surface area (Å²) >= 11 is 0. The third kappa shape index (κ3) is 4.47. The number of piperidine rings is 1. The number of aliphatic hydroxyl groups is 1. The maximum atomic E-state index is 12.9. The number of ether oxygens (including phenoxy) is 1.